The summed E-state index contributed by atoms with van der Waals surface area (Å²) < 4.78 is 5.40. The van der Waals surface area contributed by atoms with E-state index in [9.17, 15) is 9.90 Å². The molecule has 1 aliphatic heterocycles. The Morgan fingerprint density at radius 1 is 1.45 bits per heavy atom. The van der Waals surface area contributed by atoms with Crippen LogP contribution < -0.4 is 10.5 Å². The van der Waals surface area contributed by atoms with E-state index < -0.39 is 5.97 Å². The fraction of sp³-hybridized carbons (Fsp3) is 0.562. The van der Waals surface area contributed by atoms with Crippen LogP contribution in [-0.2, 0) is 0 Å². The maximum absolute atomic E-state index is 11.5. The summed E-state index contributed by atoms with van der Waals surface area (Å²) in [7, 11) is 1.47. The van der Waals surface area contributed by atoms with Crippen LogP contribution in [0.15, 0.2) is 6.07 Å². The SMILES string of the molecule is CCC(c1c(N)c(Cl)cc(C(=O)O)c1OC)N1CCCCC1. The van der Waals surface area contributed by atoms with Crippen molar-refractivity contribution in [3.05, 3.63) is 22.2 Å². The zero-order valence-electron chi connectivity index (χ0n) is 13.1. The Hall–Kier alpha value is -1.46. The number of carboxylic acid groups (broad SMARTS) is 1. The topological polar surface area (TPSA) is 75.8 Å². The molecule has 1 saturated heterocycles. The normalized spacial score (nSPS) is 17.2. The molecule has 0 radical (unpaired) electrons. The maximum atomic E-state index is 11.5. The van der Waals surface area contributed by atoms with Gasteiger partial charge in [-0.05, 0) is 38.4 Å². The molecule has 1 aliphatic rings. The predicted molar refractivity (Wildman–Crippen MR) is 87.8 cm³/mol. The molecular formula is C16H23ClN2O3. The van der Waals surface area contributed by atoms with Crippen molar-refractivity contribution in [3.63, 3.8) is 0 Å². The van der Waals surface area contributed by atoms with Crippen molar-refractivity contribution in [1.29, 1.82) is 0 Å². The summed E-state index contributed by atoms with van der Waals surface area (Å²) in [4.78, 5) is 13.8. The van der Waals surface area contributed by atoms with Crippen LogP contribution in [0, 0.1) is 0 Å². The van der Waals surface area contributed by atoms with Crippen LogP contribution in [0.2, 0.25) is 5.02 Å². The lowest BCUT2D eigenvalue weighted by molar-refractivity contribution is 0.0692. The van der Waals surface area contributed by atoms with E-state index in [1.54, 1.807) is 0 Å². The molecule has 0 aromatic heterocycles. The smallest absolute Gasteiger partial charge is 0.339 e. The molecule has 2 rings (SSSR count). The van der Waals surface area contributed by atoms with Gasteiger partial charge in [0.1, 0.15) is 11.3 Å². The fourth-order valence-corrected chi connectivity index (χ4v) is 3.46. The third-order valence-corrected chi connectivity index (χ3v) is 4.61. The number of nitrogens with two attached hydrogens (primary N) is 1. The minimum absolute atomic E-state index is 0.0204. The van der Waals surface area contributed by atoms with E-state index in [1.807, 2.05) is 0 Å². The molecular weight excluding hydrogens is 304 g/mol. The van der Waals surface area contributed by atoms with Crippen LogP contribution in [0.25, 0.3) is 0 Å². The van der Waals surface area contributed by atoms with E-state index in [1.165, 1.54) is 19.6 Å². The summed E-state index contributed by atoms with van der Waals surface area (Å²) in [6.07, 6.45) is 4.34. The minimum atomic E-state index is -1.06. The van der Waals surface area contributed by atoms with Crippen molar-refractivity contribution >= 4 is 23.3 Å². The monoisotopic (exact) mass is 326 g/mol. The highest BCUT2D eigenvalue weighted by Crippen LogP contribution is 2.42. The predicted octanol–water partition coefficient (Wildman–Crippen LogP) is 3.57. The van der Waals surface area contributed by atoms with Gasteiger partial charge in [0.05, 0.1) is 17.8 Å². The molecule has 122 valence electrons. The van der Waals surface area contributed by atoms with Crippen molar-refractivity contribution in [3.8, 4) is 5.75 Å². The van der Waals surface area contributed by atoms with E-state index in [0.717, 1.165) is 32.4 Å². The Bertz CT molecular complexity index is 557. The van der Waals surface area contributed by atoms with E-state index in [0.29, 0.717) is 17.0 Å². The van der Waals surface area contributed by atoms with Crippen molar-refractivity contribution in [2.45, 2.75) is 38.6 Å². The standard InChI is InChI=1S/C16H23ClN2O3/c1-3-12(19-7-5-4-6-8-19)13-14(18)11(17)9-10(16(20)21)15(13)22-2/h9,12H,3-8,18H2,1-2H3,(H,20,21). The van der Waals surface area contributed by atoms with Gasteiger partial charge < -0.3 is 15.6 Å². The van der Waals surface area contributed by atoms with Crippen LogP contribution in [-0.4, -0.2) is 36.2 Å². The van der Waals surface area contributed by atoms with E-state index in [-0.39, 0.29) is 16.6 Å². The molecule has 1 aromatic rings. The van der Waals surface area contributed by atoms with Crippen LogP contribution in [0.5, 0.6) is 5.75 Å². The van der Waals surface area contributed by atoms with Crippen molar-refractivity contribution in [2.24, 2.45) is 0 Å². The number of rotatable bonds is 5. The average molecular weight is 327 g/mol. The Morgan fingerprint density at radius 3 is 2.59 bits per heavy atom. The number of piperidine rings is 1. The number of benzene rings is 1. The quantitative estimate of drug-likeness (QED) is 0.809. The number of methoxy groups -OCH3 is 1. The first-order valence-corrected chi connectivity index (χ1v) is 8.02. The first kappa shape index (κ1) is 16.9. The maximum Gasteiger partial charge on any atom is 0.339 e. The zero-order chi connectivity index (χ0) is 16.3. The number of likely N-dealkylation sites (tertiary alicyclic amines) is 1. The lowest BCUT2D eigenvalue weighted by Crippen LogP contribution is -2.34. The Morgan fingerprint density at radius 2 is 2.09 bits per heavy atom. The second-order valence-electron chi connectivity index (χ2n) is 5.59. The first-order valence-electron chi connectivity index (χ1n) is 7.64. The number of nitrogen functional groups attached to an aromatic ring is 1. The van der Waals surface area contributed by atoms with Gasteiger partial charge in [-0.1, -0.05) is 24.9 Å². The van der Waals surface area contributed by atoms with Gasteiger partial charge in [-0.15, -0.1) is 0 Å². The first-order chi connectivity index (χ1) is 10.5. The number of hydrogen-bond donors (Lipinski definition) is 2. The zero-order valence-corrected chi connectivity index (χ0v) is 13.8. The van der Waals surface area contributed by atoms with Crippen molar-refractivity contribution in [2.75, 3.05) is 25.9 Å². The second kappa shape index (κ2) is 7.20. The lowest BCUT2D eigenvalue weighted by Gasteiger charge is -2.36. The highest BCUT2D eigenvalue weighted by Gasteiger charge is 2.29. The average Bonchev–Trinajstić information content (AvgIpc) is 2.52. The Kier molecular flexibility index (Phi) is 5.53. The number of hydrogen-bond acceptors (Lipinski definition) is 4. The van der Waals surface area contributed by atoms with Gasteiger partial charge in [-0.3, -0.25) is 4.90 Å². The van der Waals surface area contributed by atoms with Crippen molar-refractivity contribution < 1.29 is 14.6 Å². The molecule has 3 N–H and O–H groups in total. The van der Waals surface area contributed by atoms with Gasteiger partial charge in [-0.25, -0.2) is 4.79 Å². The third kappa shape index (κ3) is 3.15. The molecule has 0 aliphatic carbocycles. The summed E-state index contributed by atoms with van der Waals surface area (Å²) in [6.45, 7) is 4.03. The number of carboxylic acids is 1. The number of halogens is 1. The Balaban J connectivity index is 2.57. The van der Waals surface area contributed by atoms with E-state index >= 15 is 0 Å². The number of aromatic carboxylic acids is 1. The molecule has 0 amide bonds. The number of carbonyl (C=O) groups is 1. The van der Waals surface area contributed by atoms with Crippen molar-refractivity contribution in [1.82, 2.24) is 4.90 Å². The second-order valence-corrected chi connectivity index (χ2v) is 6.00. The van der Waals surface area contributed by atoms with Gasteiger partial charge in [0, 0.05) is 11.6 Å². The molecule has 5 nitrogen and oxygen atoms in total. The minimum Gasteiger partial charge on any atom is -0.495 e. The van der Waals surface area contributed by atoms with Crippen LogP contribution in [0.4, 0.5) is 5.69 Å². The van der Waals surface area contributed by atoms with E-state index in [2.05, 4.69) is 11.8 Å². The molecule has 0 spiro atoms. The molecule has 0 saturated carbocycles. The van der Waals surface area contributed by atoms with Gasteiger partial charge in [0.2, 0.25) is 0 Å². The summed E-state index contributed by atoms with van der Waals surface area (Å²) in [5.41, 5.74) is 7.36. The molecule has 1 unspecified atom stereocenters. The van der Waals surface area contributed by atoms with Gasteiger partial charge in [0.15, 0.2) is 0 Å². The largest absolute Gasteiger partial charge is 0.495 e. The molecule has 6 heteroatoms. The summed E-state index contributed by atoms with van der Waals surface area (Å²) in [6, 6.07) is 1.39. The summed E-state index contributed by atoms with van der Waals surface area (Å²) in [5.74, 6) is -0.736. The van der Waals surface area contributed by atoms with Gasteiger partial charge >= 0.3 is 5.97 Å². The van der Waals surface area contributed by atoms with Gasteiger partial charge in [-0.2, -0.15) is 0 Å². The molecule has 22 heavy (non-hydrogen) atoms. The molecule has 1 aromatic carbocycles. The fourth-order valence-electron chi connectivity index (χ4n) is 3.25. The van der Waals surface area contributed by atoms with Gasteiger partial charge in [0.25, 0.3) is 0 Å². The summed E-state index contributed by atoms with van der Waals surface area (Å²) in [5, 5.41) is 9.68. The number of ether oxygens (including phenoxy) is 1. The molecule has 1 fully saturated rings. The molecule has 0 bridgehead atoms. The molecule has 1 heterocycles. The van der Waals surface area contributed by atoms with Crippen LogP contribution in [0.1, 0.15) is 54.6 Å². The third-order valence-electron chi connectivity index (χ3n) is 4.29. The number of anilines is 1. The highest BCUT2D eigenvalue weighted by atomic mass is 35.5. The van der Waals surface area contributed by atoms with E-state index in [4.69, 9.17) is 22.1 Å². The Labute approximate surface area is 136 Å². The molecule has 1 atom stereocenters. The lowest BCUT2D eigenvalue weighted by atomic mass is 9.95. The summed E-state index contributed by atoms with van der Waals surface area (Å²) >= 11 is 6.17. The number of nitrogens with zero attached hydrogens (tertiary/aromatic N) is 1. The van der Waals surface area contributed by atoms with Crippen LogP contribution >= 0.6 is 11.6 Å². The highest BCUT2D eigenvalue weighted by molar-refractivity contribution is 6.33. The van der Waals surface area contributed by atoms with Crippen LogP contribution in [0.3, 0.4) is 0 Å².